The number of hydrogen-bond donors (Lipinski definition) is 3. The van der Waals surface area contributed by atoms with Gasteiger partial charge in [0.05, 0.1) is 0 Å². The molecule has 0 aromatic carbocycles. The Balaban J connectivity index is 1.77. The van der Waals surface area contributed by atoms with Crippen molar-refractivity contribution in [3.8, 4) is 0 Å². The third-order valence-corrected chi connectivity index (χ3v) is 4.34. The number of nitrogens with one attached hydrogen (secondary N) is 2. The Kier molecular flexibility index (Phi) is 4.77. The van der Waals surface area contributed by atoms with E-state index in [0.29, 0.717) is 25.4 Å². The Bertz CT molecular complexity index is 422. The van der Waals surface area contributed by atoms with Gasteiger partial charge in [0.15, 0.2) is 0 Å². The number of piperidine rings is 1. The Hall–Kier alpha value is -0.700. The molecule has 0 spiro atoms. The number of amides is 1. The molecule has 0 aliphatic carbocycles. The van der Waals surface area contributed by atoms with Crippen LogP contribution in [0.4, 0.5) is 0 Å². The molecule has 0 aromatic rings. The Morgan fingerprint density at radius 2 is 2.11 bits per heavy atom. The summed E-state index contributed by atoms with van der Waals surface area (Å²) in [6.07, 6.45) is 2.45. The molecule has 2 heterocycles. The molecule has 0 bridgehead atoms. The lowest BCUT2D eigenvalue weighted by molar-refractivity contribution is -0.134. The molecule has 110 valence electrons. The molecule has 8 heteroatoms. The predicted octanol–water partition coefficient (Wildman–Crippen LogP) is -1.37. The van der Waals surface area contributed by atoms with Crippen LogP contribution in [-0.4, -0.2) is 51.9 Å². The van der Waals surface area contributed by atoms with Crippen LogP contribution in [-0.2, 0) is 15.0 Å². The van der Waals surface area contributed by atoms with Gasteiger partial charge in [-0.25, -0.2) is 9.86 Å². The minimum absolute atomic E-state index is 0.163. The highest BCUT2D eigenvalue weighted by Crippen LogP contribution is 2.19. The smallest absolute Gasteiger partial charge is 0.274 e. The van der Waals surface area contributed by atoms with Crippen molar-refractivity contribution in [2.75, 3.05) is 32.7 Å². The van der Waals surface area contributed by atoms with Gasteiger partial charge in [0.2, 0.25) is 5.91 Å². The molecule has 0 saturated carbocycles. The number of carbonyl (C=O) groups excluding carboxylic acids is 1. The van der Waals surface area contributed by atoms with Gasteiger partial charge in [0, 0.05) is 26.1 Å². The summed E-state index contributed by atoms with van der Waals surface area (Å²) in [5.74, 6) is 0.817. The topological polar surface area (TPSA) is 105 Å². The fourth-order valence-corrected chi connectivity index (χ4v) is 3.03. The number of nitrogens with two attached hydrogens (primary N) is 1. The van der Waals surface area contributed by atoms with Crippen molar-refractivity contribution >= 4 is 16.1 Å². The zero-order chi connectivity index (χ0) is 13.9. The summed E-state index contributed by atoms with van der Waals surface area (Å²) in [5, 5.41) is 8.07. The van der Waals surface area contributed by atoms with E-state index in [4.69, 9.17) is 5.14 Å². The maximum atomic E-state index is 12.1. The summed E-state index contributed by atoms with van der Waals surface area (Å²) >= 11 is 0. The van der Waals surface area contributed by atoms with E-state index in [1.54, 1.807) is 0 Å². The van der Waals surface area contributed by atoms with Gasteiger partial charge in [-0.15, -0.1) is 0 Å². The quantitative estimate of drug-likeness (QED) is 0.581. The van der Waals surface area contributed by atoms with Gasteiger partial charge in [-0.2, -0.15) is 8.42 Å². The molecule has 0 aromatic heterocycles. The van der Waals surface area contributed by atoms with Crippen LogP contribution in [0.15, 0.2) is 0 Å². The van der Waals surface area contributed by atoms with Crippen LogP contribution in [0.1, 0.15) is 19.3 Å². The lowest BCUT2D eigenvalue weighted by Gasteiger charge is -2.35. The van der Waals surface area contributed by atoms with Crippen molar-refractivity contribution in [3.63, 3.8) is 0 Å². The maximum Gasteiger partial charge on any atom is 0.274 e. The van der Waals surface area contributed by atoms with Gasteiger partial charge >= 0.3 is 0 Å². The first-order chi connectivity index (χ1) is 8.94. The average molecular weight is 290 g/mol. The normalized spacial score (nSPS) is 25.1. The number of rotatable bonds is 5. The molecule has 2 aliphatic heterocycles. The standard InChI is InChI=1S/C11H22N4O3S/c12-19(17,18)14-7-9-2-1-3-15(8-9)11(16)4-10-5-13-6-10/h9-10,13-14H,1-8H2,(H2,12,17,18). The van der Waals surface area contributed by atoms with Crippen molar-refractivity contribution in [1.82, 2.24) is 14.9 Å². The molecule has 1 atom stereocenters. The van der Waals surface area contributed by atoms with Crippen molar-refractivity contribution < 1.29 is 13.2 Å². The molecular formula is C11H22N4O3S. The van der Waals surface area contributed by atoms with Gasteiger partial charge < -0.3 is 10.2 Å². The van der Waals surface area contributed by atoms with Crippen molar-refractivity contribution in [2.45, 2.75) is 19.3 Å². The summed E-state index contributed by atoms with van der Waals surface area (Å²) in [4.78, 5) is 13.9. The zero-order valence-electron chi connectivity index (χ0n) is 11.0. The third kappa shape index (κ3) is 4.72. The monoisotopic (exact) mass is 290 g/mol. The molecule has 19 heavy (non-hydrogen) atoms. The molecule has 2 saturated heterocycles. The first kappa shape index (κ1) is 14.7. The zero-order valence-corrected chi connectivity index (χ0v) is 11.8. The van der Waals surface area contributed by atoms with Crippen LogP contribution in [0, 0.1) is 11.8 Å². The Labute approximate surface area is 114 Å². The van der Waals surface area contributed by atoms with E-state index in [2.05, 4.69) is 10.0 Å². The SMILES string of the molecule is NS(=O)(=O)NCC1CCCN(C(=O)CC2CNC2)C1. The molecule has 2 rings (SSSR count). The number of likely N-dealkylation sites (tertiary alicyclic amines) is 1. The Morgan fingerprint density at radius 1 is 1.37 bits per heavy atom. The maximum absolute atomic E-state index is 12.1. The minimum Gasteiger partial charge on any atom is -0.342 e. The molecule has 2 aliphatic rings. The van der Waals surface area contributed by atoms with E-state index in [0.717, 1.165) is 32.5 Å². The minimum atomic E-state index is -3.64. The van der Waals surface area contributed by atoms with Crippen LogP contribution in [0.5, 0.6) is 0 Å². The lowest BCUT2D eigenvalue weighted by atomic mass is 9.95. The molecule has 2 fully saturated rings. The molecule has 1 unspecified atom stereocenters. The third-order valence-electron chi connectivity index (χ3n) is 3.77. The Morgan fingerprint density at radius 3 is 2.68 bits per heavy atom. The molecule has 0 radical (unpaired) electrons. The van der Waals surface area contributed by atoms with Gasteiger partial charge in [-0.1, -0.05) is 0 Å². The number of hydrogen-bond acceptors (Lipinski definition) is 4. The summed E-state index contributed by atoms with van der Waals surface area (Å²) in [7, 11) is -3.64. The van der Waals surface area contributed by atoms with E-state index >= 15 is 0 Å². The first-order valence-corrected chi connectivity index (χ1v) is 8.24. The van der Waals surface area contributed by atoms with Crippen LogP contribution in [0.2, 0.25) is 0 Å². The molecular weight excluding hydrogens is 268 g/mol. The van der Waals surface area contributed by atoms with Crippen molar-refractivity contribution in [1.29, 1.82) is 0 Å². The molecule has 7 nitrogen and oxygen atoms in total. The van der Waals surface area contributed by atoms with Crippen LogP contribution in [0.3, 0.4) is 0 Å². The van der Waals surface area contributed by atoms with Crippen molar-refractivity contribution in [2.24, 2.45) is 17.0 Å². The van der Waals surface area contributed by atoms with E-state index in [1.165, 1.54) is 0 Å². The van der Waals surface area contributed by atoms with Crippen LogP contribution >= 0.6 is 0 Å². The van der Waals surface area contributed by atoms with Gasteiger partial charge in [0.25, 0.3) is 10.2 Å². The predicted molar refractivity (Wildman–Crippen MR) is 71.4 cm³/mol. The second-order valence-electron chi connectivity index (χ2n) is 5.47. The molecule has 4 N–H and O–H groups in total. The summed E-state index contributed by atoms with van der Waals surface area (Å²) < 4.78 is 24.0. The summed E-state index contributed by atoms with van der Waals surface area (Å²) in [6.45, 7) is 3.58. The fourth-order valence-electron chi connectivity index (χ4n) is 2.56. The average Bonchev–Trinajstić information content (AvgIpc) is 2.30. The largest absolute Gasteiger partial charge is 0.342 e. The number of nitrogens with zero attached hydrogens (tertiary/aromatic N) is 1. The van der Waals surface area contributed by atoms with Crippen LogP contribution in [0.25, 0.3) is 0 Å². The van der Waals surface area contributed by atoms with E-state index < -0.39 is 10.2 Å². The highest BCUT2D eigenvalue weighted by molar-refractivity contribution is 7.87. The second-order valence-corrected chi connectivity index (χ2v) is 6.85. The van der Waals surface area contributed by atoms with Crippen molar-refractivity contribution in [3.05, 3.63) is 0 Å². The van der Waals surface area contributed by atoms with E-state index in [9.17, 15) is 13.2 Å². The first-order valence-electron chi connectivity index (χ1n) is 6.70. The highest BCUT2D eigenvalue weighted by atomic mass is 32.2. The molecule has 1 amide bonds. The summed E-state index contributed by atoms with van der Waals surface area (Å²) in [6, 6.07) is 0. The van der Waals surface area contributed by atoms with E-state index in [-0.39, 0.29) is 11.8 Å². The van der Waals surface area contributed by atoms with Gasteiger partial charge in [0.1, 0.15) is 0 Å². The number of carbonyl (C=O) groups is 1. The van der Waals surface area contributed by atoms with Crippen LogP contribution < -0.4 is 15.2 Å². The second kappa shape index (κ2) is 6.17. The van der Waals surface area contributed by atoms with Gasteiger partial charge in [-0.05, 0) is 37.8 Å². The fraction of sp³-hybridized carbons (Fsp3) is 0.909. The van der Waals surface area contributed by atoms with E-state index in [1.807, 2.05) is 4.90 Å². The van der Waals surface area contributed by atoms with Gasteiger partial charge in [-0.3, -0.25) is 4.79 Å². The highest BCUT2D eigenvalue weighted by Gasteiger charge is 2.27. The lowest BCUT2D eigenvalue weighted by Crippen LogP contribution is -2.48. The summed E-state index contributed by atoms with van der Waals surface area (Å²) in [5.41, 5.74) is 0.